The number of benzene rings is 1. The Hall–Kier alpha value is -1.38. The van der Waals surface area contributed by atoms with Crippen LogP contribution in [0.1, 0.15) is 19.4 Å². The van der Waals surface area contributed by atoms with E-state index in [1.807, 2.05) is 32.9 Å². The van der Waals surface area contributed by atoms with Crippen LogP contribution in [0.25, 0.3) is 0 Å². The van der Waals surface area contributed by atoms with Crippen LogP contribution in [0, 0.1) is 12.1 Å². The van der Waals surface area contributed by atoms with Gasteiger partial charge in [-0.15, -0.1) is 0 Å². The second kappa shape index (κ2) is 4.03. The highest BCUT2D eigenvalue weighted by molar-refractivity contribution is 5.31. The van der Waals surface area contributed by atoms with Crippen molar-refractivity contribution in [2.24, 2.45) is 5.11 Å². The van der Waals surface area contributed by atoms with Crippen molar-refractivity contribution in [3.05, 3.63) is 35.0 Å². The third-order valence-electron chi connectivity index (χ3n) is 1.59. The Labute approximate surface area is 78.3 Å². The molecule has 0 aliphatic heterocycles. The first-order chi connectivity index (χ1) is 6.09. The monoisotopic (exact) mass is 178 g/mol. The zero-order chi connectivity index (χ0) is 9.84. The van der Waals surface area contributed by atoms with E-state index < -0.39 is 0 Å². The summed E-state index contributed by atoms with van der Waals surface area (Å²) in [6.07, 6.45) is 0. The standard InChI is InChI=1S/C10H14N2O/c1-8(2)11-12(13)10-6-4-9(3)5-7-10/h4-8H,1-3H3. The molecule has 70 valence electrons. The van der Waals surface area contributed by atoms with Crippen molar-refractivity contribution in [3.8, 4) is 0 Å². The van der Waals surface area contributed by atoms with Crippen LogP contribution in [0.15, 0.2) is 29.4 Å². The third kappa shape index (κ3) is 2.86. The number of hydrogen-bond acceptors (Lipinski definition) is 2. The van der Waals surface area contributed by atoms with Crippen molar-refractivity contribution >= 4 is 5.69 Å². The Morgan fingerprint density at radius 2 is 1.77 bits per heavy atom. The maximum atomic E-state index is 11.3. The normalized spacial score (nSPS) is 12.2. The highest BCUT2D eigenvalue weighted by Crippen LogP contribution is 2.12. The molecule has 1 aromatic rings. The molecule has 13 heavy (non-hydrogen) atoms. The molecule has 0 aromatic heterocycles. The lowest BCUT2D eigenvalue weighted by Crippen LogP contribution is -1.98. The van der Waals surface area contributed by atoms with Gasteiger partial charge < -0.3 is 5.21 Å². The van der Waals surface area contributed by atoms with Gasteiger partial charge in [0.05, 0.1) is 0 Å². The van der Waals surface area contributed by atoms with Gasteiger partial charge in [-0.25, -0.2) is 0 Å². The maximum absolute atomic E-state index is 11.3. The molecule has 0 saturated heterocycles. The lowest BCUT2D eigenvalue weighted by molar-refractivity contribution is -0.445. The smallest absolute Gasteiger partial charge is 0.244 e. The summed E-state index contributed by atoms with van der Waals surface area (Å²) in [7, 11) is 0. The molecule has 0 bridgehead atoms. The average Bonchev–Trinajstić information content (AvgIpc) is 2.04. The van der Waals surface area contributed by atoms with Crippen molar-refractivity contribution in [2.45, 2.75) is 26.8 Å². The first-order valence-electron chi connectivity index (χ1n) is 4.34. The Balaban J connectivity index is 2.89. The molecular weight excluding hydrogens is 164 g/mol. The quantitative estimate of drug-likeness (QED) is 0.389. The molecule has 0 atom stereocenters. The maximum Gasteiger partial charge on any atom is 0.244 e. The van der Waals surface area contributed by atoms with Crippen molar-refractivity contribution in [2.75, 3.05) is 0 Å². The van der Waals surface area contributed by atoms with E-state index in [0.717, 1.165) is 5.56 Å². The molecule has 0 unspecified atom stereocenters. The number of azo groups is 1. The minimum absolute atomic E-state index is 0.0267. The van der Waals surface area contributed by atoms with Crippen LogP contribution in [-0.2, 0) is 0 Å². The van der Waals surface area contributed by atoms with E-state index in [0.29, 0.717) is 10.5 Å². The van der Waals surface area contributed by atoms with E-state index in [1.165, 1.54) is 0 Å². The average molecular weight is 178 g/mol. The number of hydrogen-bond donors (Lipinski definition) is 0. The summed E-state index contributed by atoms with van der Waals surface area (Å²) < 4.78 is 0. The highest BCUT2D eigenvalue weighted by Gasteiger charge is 2.02. The Kier molecular flexibility index (Phi) is 3.01. The number of rotatable bonds is 2. The predicted molar refractivity (Wildman–Crippen MR) is 52.0 cm³/mol. The Bertz CT molecular complexity index is 301. The van der Waals surface area contributed by atoms with Gasteiger partial charge in [0.25, 0.3) is 0 Å². The zero-order valence-corrected chi connectivity index (χ0v) is 8.19. The predicted octanol–water partition coefficient (Wildman–Crippen LogP) is 3.00. The first-order valence-corrected chi connectivity index (χ1v) is 4.34. The third-order valence-corrected chi connectivity index (χ3v) is 1.59. The minimum atomic E-state index is 0.0267. The van der Waals surface area contributed by atoms with Crippen molar-refractivity contribution in [1.29, 1.82) is 0 Å². The van der Waals surface area contributed by atoms with E-state index in [4.69, 9.17) is 0 Å². The molecule has 0 fully saturated rings. The summed E-state index contributed by atoms with van der Waals surface area (Å²) >= 11 is 0. The van der Waals surface area contributed by atoms with Gasteiger partial charge in [0.15, 0.2) is 0 Å². The SMILES string of the molecule is Cc1ccc([N+]([O-])=NC(C)C)cc1. The highest BCUT2D eigenvalue weighted by atomic mass is 16.5. The van der Waals surface area contributed by atoms with Crippen molar-refractivity contribution < 1.29 is 4.86 Å². The van der Waals surface area contributed by atoms with E-state index in [-0.39, 0.29) is 6.04 Å². The van der Waals surface area contributed by atoms with Crippen molar-refractivity contribution in [1.82, 2.24) is 0 Å². The Morgan fingerprint density at radius 3 is 2.23 bits per heavy atom. The number of nitrogens with zero attached hydrogens (tertiary/aromatic N) is 2. The molecule has 0 spiro atoms. The van der Waals surface area contributed by atoms with Gasteiger partial charge in [-0.05, 0) is 25.9 Å². The molecule has 3 heteroatoms. The van der Waals surface area contributed by atoms with Gasteiger partial charge in [-0.2, -0.15) is 0 Å². The van der Waals surface area contributed by atoms with Crippen LogP contribution in [0.5, 0.6) is 0 Å². The molecule has 0 aliphatic rings. The summed E-state index contributed by atoms with van der Waals surface area (Å²) in [6.45, 7) is 5.73. The molecule has 0 saturated carbocycles. The van der Waals surface area contributed by atoms with E-state index in [2.05, 4.69) is 5.11 Å². The summed E-state index contributed by atoms with van der Waals surface area (Å²) in [5.74, 6) is 0. The second-order valence-electron chi connectivity index (χ2n) is 3.32. The lowest BCUT2D eigenvalue weighted by Gasteiger charge is -2.01. The number of aryl methyl sites for hydroxylation is 1. The van der Waals surface area contributed by atoms with E-state index >= 15 is 0 Å². The summed E-state index contributed by atoms with van der Waals surface area (Å²) in [5.41, 5.74) is 1.72. The van der Waals surface area contributed by atoms with E-state index in [9.17, 15) is 5.21 Å². The molecule has 0 N–H and O–H groups in total. The Morgan fingerprint density at radius 1 is 1.23 bits per heavy atom. The first kappa shape index (κ1) is 9.71. The van der Waals surface area contributed by atoms with Crippen LogP contribution < -0.4 is 0 Å². The van der Waals surface area contributed by atoms with Crippen LogP contribution in [0.2, 0.25) is 0 Å². The van der Waals surface area contributed by atoms with Crippen LogP contribution in [0.4, 0.5) is 5.69 Å². The largest absolute Gasteiger partial charge is 0.594 e. The van der Waals surface area contributed by atoms with Gasteiger partial charge in [0.1, 0.15) is 6.04 Å². The fraction of sp³-hybridized carbons (Fsp3) is 0.400. The molecule has 1 rings (SSSR count). The zero-order valence-electron chi connectivity index (χ0n) is 8.19. The lowest BCUT2D eigenvalue weighted by atomic mass is 10.2. The topological polar surface area (TPSA) is 38.4 Å². The van der Waals surface area contributed by atoms with Crippen LogP contribution >= 0.6 is 0 Å². The molecule has 1 aromatic carbocycles. The van der Waals surface area contributed by atoms with Gasteiger partial charge >= 0.3 is 0 Å². The summed E-state index contributed by atoms with van der Waals surface area (Å²) in [5, 5.41) is 15.2. The van der Waals surface area contributed by atoms with Gasteiger partial charge in [-0.1, -0.05) is 22.6 Å². The van der Waals surface area contributed by atoms with Crippen molar-refractivity contribution in [3.63, 3.8) is 0 Å². The van der Waals surface area contributed by atoms with Gasteiger partial charge in [-0.3, -0.25) is 0 Å². The molecular formula is C10H14N2O. The molecule has 3 nitrogen and oxygen atoms in total. The van der Waals surface area contributed by atoms with Gasteiger partial charge in [0, 0.05) is 12.1 Å². The minimum Gasteiger partial charge on any atom is -0.594 e. The summed E-state index contributed by atoms with van der Waals surface area (Å²) in [6, 6.07) is 7.37. The van der Waals surface area contributed by atoms with Gasteiger partial charge in [0.2, 0.25) is 5.69 Å². The molecule has 0 amide bonds. The second-order valence-corrected chi connectivity index (χ2v) is 3.32. The fourth-order valence-electron chi connectivity index (χ4n) is 0.949. The van der Waals surface area contributed by atoms with Crippen LogP contribution in [0.3, 0.4) is 0 Å². The molecule has 0 aliphatic carbocycles. The van der Waals surface area contributed by atoms with Crippen LogP contribution in [-0.4, -0.2) is 10.9 Å². The molecule has 0 heterocycles. The van der Waals surface area contributed by atoms with E-state index in [1.54, 1.807) is 12.1 Å². The summed E-state index contributed by atoms with van der Waals surface area (Å²) in [4.78, 5) is 0.671. The fourth-order valence-corrected chi connectivity index (χ4v) is 0.949. The molecule has 0 radical (unpaired) electrons.